The van der Waals surface area contributed by atoms with Crippen LogP contribution in [0.5, 0.6) is 5.75 Å². The maximum absolute atomic E-state index is 13.8. The number of ether oxygens (including phenoxy) is 3. The van der Waals surface area contributed by atoms with E-state index in [-0.39, 0.29) is 36.0 Å². The van der Waals surface area contributed by atoms with Gasteiger partial charge >= 0.3 is 0 Å². The molecule has 7 atom stereocenters. The SMILES string of the molecule is COC[C@@H](O)C[C@H]1[C@@H](C)C/C=C\[C@H](OC)[C@@H]2CC[C@H]2CN2C[C@@]3(CCCc4cc(Cl)ccc43)COc3ccc(cc32)C(=O)NS1(=O)=O. The molecule has 2 heterocycles. The lowest BCUT2D eigenvalue weighted by atomic mass is 9.68. The van der Waals surface area contributed by atoms with Crippen molar-refractivity contribution in [1.29, 1.82) is 0 Å². The second-order valence-electron chi connectivity index (χ2n) is 14.0. The molecular weight excluding hydrogens is 640 g/mol. The number of halogens is 1. The molecule has 2 bridgehead atoms. The van der Waals surface area contributed by atoms with Gasteiger partial charge < -0.3 is 24.2 Å². The normalized spacial score (nSPS) is 31.7. The first-order valence-electron chi connectivity index (χ1n) is 16.8. The van der Waals surface area contributed by atoms with Gasteiger partial charge in [0, 0.05) is 43.3 Å². The number of nitrogens with one attached hydrogen (secondary N) is 1. The number of benzene rings is 2. The molecule has 2 aromatic rings. The zero-order valence-electron chi connectivity index (χ0n) is 27.5. The number of amides is 1. The van der Waals surface area contributed by atoms with Crippen LogP contribution in [-0.2, 0) is 31.3 Å². The van der Waals surface area contributed by atoms with Gasteiger partial charge in [0.15, 0.2) is 0 Å². The number of fused-ring (bicyclic) bond motifs is 4. The topological polar surface area (TPSA) is 114 Å². The average Bonchev–Trinajstić information content (AvgIpc) is 3.17. The maximum atomic E-state index is 13.8. The molecule has 4 aliphatic rings. The van der Waals surface area contributed by atoms with Crippen LogP contribution in [0.15, 0.2) is 48.6 Å². The summed E-state index contributed by atoms with van der Waals surface area (Å²) in [5.41, 5.74) is 3.27. The van der Waals surface area contributed by atoms with Gasteiger partial charge in [-0.3, -0.25) is 4.79 Å². The number of nitrogens with zero attached hydrogens (tertiary/aromatic N) is 1. The Morgan fingerprint density at radius 3 is 2.77 bits per heavy atom. The van der Waals surface area contributed by atoms with Crippen LogP contribution in [0.4, 0.5) is 5.69 Å². The highest BCUT2D eigenvalue weighted by molar-refractivity contribution is 7.90. The van der Waals surface area contributed by atoms with E-state index in [0.29, 0.717) is 37.2 Å². The van der Waals surface area contributed by atoms with Gasteiger partial charge in [-0.25, -0.2) is 13.1 Å². The van der Waals surface area contributed by atoms with E-state index < -0.39 is 27.3 Å². The predicted molar refractivity (Wildman–Crippen MR) is 183 cm³/mol. The summed E-state index contributed by atoms with van der Waals surface area (Å²) in [6, 6.07) is 11.4. The summed E-state index contributed by atoms with van der Waals surface area (Å²) >= 11 is 6.42. The molecule has 0 radical (unpaired) electrons. The van der Waals surface area contributed by atoms with Crippen LogP contribution in [0.1, 0.15) is 66.9 Å². The summed E-state index contributed by atoms with van der Waals surface area (Å²) in [7, 11) is -0.986. The number of carbonyl (C=O) groups is 1. The van der Waals surface area contributed by atoms with E-state index in [1.807, 2.05) is 19.1 Å². The number of methoxy groups -OCH3 is 2. The fraction of sp³-hybridized carbons (Fsp3) is 0.583. The first-order valence-corrected chi connectivity index (χ1v) is 18.7. The molecule has 11 heteroatoms. The molecule has 6 rings (SSSR count). The van der Waals surface area contributed by atoms with Crippen molar-refractivity contribution in [2.24, 2.45) is 17.8 Å². The lowest BCUT2D eigenvalue weighted by molar-refractivity contribution is 0.0131. The highest BCUT2D eigenvalue weighted by Gasteiger charge is 2.44. The van der Waals surface area contributed by atoms with Crippen LogP contribution in [0.3, 0.4) is 0 Å². The number of anilines is 1. The number of sulfonamides is 1. The number of hydrogen-bond donors (Lipinski definition) is 2. The van der Waals surface area contributed by atoms with Crippen molar-refractivity contribution < 1.29 is 32.5 Å². The Labute approximate surface area is 283 Å². The molecule has 2 N–H and O–H groups in total. The molecule has 2 aliphatic carbocycles. The summed E-state index contributed by atoms with van der Waals surface area (Å²) in [6.45, 7) is 3.79. The van der Waals surface area contributed by atoms with E-state index in [1.54, 1.807) is 25.3 Å². The molecule has 1 saturated carbocycles. The standard InChI is InChI=1S/C36H47ClN2O7S/c1-23-6-4-8-32(45-3)29-12-9-26(29)19-39-21-36(15-5-7-24-16-27(37)11-13-30(24)36)22-46-33-14-10-25(17-31(33)39)35(41)38-47(42,43)34(23)18-28(40)20-44-2/h4,8,10-11,13-14,16-17,23,26,28-29,32,34,40H,5-7,9,12,15,18-22H2,1-3H3,(H,38,41)/b8-4-/t23-,26-,28-,29+,32-,34-,36-/m0/s1. The summed E-state index contributed by atoms with van der Waals surface area (Å²) in [5.74, 6) is 0.255. The smallest absolute Gasteiger partial charge is 0.264 e. The number of rotatable bonds is 5. The maximum Gasteiger partial charge on any atom is 0.264 e. The second-order valence-corrected chi connectivity index (χ2v) is 16.3. The molecule has 2 aliphatic heterocycles. The summed E-state index contributed by atoms with van der Waals surface area (Å²) in [4.78, 5) is 16.0. The molecule has 1 amide bonds. The van der Waals surface area contributed by atoms with E-state index in [0.717, 1.165) is 49.4 Å². The quantitative estimate of drug-likeness (QED) is 0.409. The molecule has 0 saturated heterocycles. The summed E-state index contributed by atoms with van der Waals surface area (Å²) < 4.78 is 47.6. The zero-order chi connectivity index (χ0) is 33.3. The minimum Gasteiger partial charge on any atom is -0.490 e. The van der Waals surface area contributed by atoms with Gasteiger partial charge in [0.2, 0.25) is 10.0 Å². The third-order valence-corrected chi connectivity index (χ3v) is 13.0. The lowest BCUT2D eigenvalue weighted by Gasteiger charge is -2.46. The zero-order valence-corrected chi connectivity index (χ0v) is 29.1. The summed E-state index contributed by atoms with van der Waals surface area (Å²) in [5, 5.41) is 10.3. The van der Waals surface area contributed by atoms with Gasteiger partial charge in [-0.1, -0.05) is 36.7 Å². The molecule has 9 nitrogen and oxygen atoms in total. The van der Waals surface area contributed by atoms with Crippen LogP contribution < -0.4 is 14.4 Å². The van der Waals surface area contributed by atoms with Crippen LogP contribution >= 0.6 is 11.6 Å². The third kappa shape index (κ3) is 7.08. The Bertz CT molecular complexity index is 1600. The summed E-state index contributed by atoms with van der Waals surface area (Å²) in [6.07, 6.45) is 8.39. The van der Waals surface area contributed by atoms with Gasteiger partial charge in [0.1, 0.15) is 5.75 Å². The van der Waals surface area contributed by atoms with Gasteiger partial charge in [-0.15, -0.1) is 0 Å². The predicted octanol–water partition coefficient (Wildman–Crippen LogP) is 5.28. The molecule has 0 unspecified atom stereocenters. The number of aliphatic hydroxyl groups excluding tert-OH is 1. The molecular formula is C36H47ClN2O7S. The Kier molecular flexibility index (Phi) is 10.3. The highest BCUT2D eigenvalue weighted by Crippen LogP contribution is 2.47. The largest absolute Gasteiger partial charge is 0.490 e. The van der Waals surface area contributed by atoms with Crippen molar-refractivity contribution in [2.75, 3.05) is 45.4 Å². The molecule has 0 aromatic heterocycles. The fourth-order valence-corrected chi connectivity index (χ4v) is 10.1. The third-order valence-electron chi connectivity index (χ3n) is 10.9. The Hall–Kier alpha value is -2.63. The van der Waals surface area contributed by atoms with Gasteiger partial charge in [0.25, 0.3) is 5.91 Å². The van der Waals surface area contributed by atoms with Crippen LogP contribution in [0, 0.1) is 17.8 Å². The molecule has 2 aromatic carbocycles. The Morgan fingerprint density at radius 1 is 1.19 bits per heavy atom. The number of carbonyl (C=O) groups excluding carboxylic acids is 1. The van der Waals surface area contributed by atoms with E-state index in [2.05, 4.69) is 27.8 Å². The van der Waals surface area contributed by atoms with Crippen molar-refractivity contribution in [3.05, 3.63) is 70.3 Å². The Morgan fingerprint density at radius 2 is 2.02 bits per heavy atom. The van der Waals surface area contributed by atoms with Gasteiger partial charge in [-0.2, -0.15) is 0 Å². The molecule has 1 fully saturated rings. The van der Waals surface area contributed by atoms with Crippen molar-refractivity contribution >= 4 is 33.2 Å². The van der Waals surface area contributed by atoms with Gasteiger partial charge in [-0.05, 0) is 104 Å². The van der Waals surface area contributed by atoms with Crippen molar-refractivity contribution in [1.82, 2.24) is 4.72 Å². The van der Waals surface area contributed by atoms with Crippen molar-refractivity contribution in [3.63, 3.8) is 0 Å². The van der Waals surface area contributed by atoms with E-state index in [1.165, 1.54) is 18.2 Å². The number of aliphatic hydroxyl groups is 1. The molecule has 1 spiro atoms. The number of allylic oxidation sites excluding steroid dienone is 1. The number of hydrogen-bond acceptors (Lipinski definition) is 8. The fourth-order valence-electron chi connectivity index (χ4n) is 8.22. The minimum atomic E-state index is -4.18. The van der Waals surface area contributed by atoms with Crippen LogP contribution in [-0.4, -0.2) is 77.4 Å². The second kappa shape index (κ2) is 14.1. The van der Waals surface area contributed by atoms with Gasteiger partial charge in [0.05, 0.1) is 36.4 Å². The average molecular weight is 687 g/mol. The molecule has 47 heavy (non-hydrogen) atoms. The van der Waals surface area contributed by atoms with Crippen molar-refractivity contribution in [3.8, 4) is 5.75 Å². The lowest BCUT2D eigenvalue weighted by Crippen LogP contribution is -2.49. The van der Waals surface area contributed by atoms with Crippen LogP contribution in [0.25, 0.3) is 0 Å². The first kappa shape index (κ1) is 34.2. The molecule has 256 valence electrons. The minimum absolute atomic E-state index is 0.00297. The van der Waals surface area contributed by atoms with E-state index >= 15 is 0 Å². The highest BCUT2D eigenvalue weighted by atomic mass is 35.5. The van der Waals surface area contributed by atoms with Crippen LogP contribution in [0.2, 0.25) is 5.02 Å². The Balaban J connectivity index is 1.41. The van der Waals surface area contributed by atoms with E-state index in [4.69, 9.17) is 25.8 Å². The van der Waals surface area contributed by atoms with E-state index in [9.17, 15) is 18.3 Å². The first-order chi connectivity index (χ1) is 22.5. The monoisotopic (exact) mass is 686 g/mol. The number of aryl methyl sites for hydroxylation is 1. The van der Waals surface area contributed by atoms with Crippen molar-refractivity contribution in [2.45, 2.75) is 74.7 Å².